The molecule has 2 aliphatic heterocycles. The lowest BCUT2D eigenvalue weighted by Crippen LogP contribution is -2.52. The molecule has 9 heteroatoms. The minimum atomic E-state index is -4.43. The van der Waals surface area contributed by atoms with E-state index in [4.69, 9.17) is 4.74 Å². The third kappa shape index (κ3) is 6.22. The van der Waals surface area contributed by atoms with Crippen molar-refractivity contribution < 1.29 is 27.5 Å². The van der Waals surface area contributed by atoms with E-state index in [0.29, 0.717) is 51.6 Å². The molecule has 2 saturated heterocycles. The lowest BCUT2D eigenvalue weighted by atomic mass is 9.94. The summed E-state index contributed by atoms with van der Waals surface area (Å²) in [6, 6.07) is 4.52. The molecule has 2 fully saturated rings. The summed E-state index contributed by atoms with van der Waals surface area (Å²) in [6.45, 7) is 8.86. The Morgan fingerprint density at radius 2 is 1.66 bits per heavy atom. The minimum Gasteiger partial charge on any atom is -0.379 e. The van der Waals surface area contributed by atoms with Gasteiger partial charge in [-0.2, -0.15) is 13.2 Å². The third-order valence-corrected chi connectivity index (χ3v) is 6.38. The fourth-order valence-corrected chi connectivity index (χ4v) is 4.37. The van der Waals surface area contributed by atoms with Crippen LogP contribution in [0.4, 0.5) is 13.2 Å². The van der Waals surface area contributed by atoms with Gasteiger partial charge in [0.05, 0.1) is 18.8 Å². The molecule has 178 valence electrons. The standard InChI is InChI=1S/C23H32F3N3O3/c1-16(2)20(28-11-13-32-14-12-28)15-27-21(30)17-7-9-29(10-8-17)22(31)18-3-5-19(6-4-18)23(24,25)26/h3-6,16-17,20H,7-15H2,1-2H3,(H,27,30). The zero-order valence-electron chi connectivity index (χ0n) is 18.7. The van der Waals surface area contributed by atoms with E-state index >= 15 is 0 Å². The number of piperidine rings is 1. The third-order valence-electron chi connectivity index (χ3n) is 6.38. The van der Waals surface area contributed by atoms with Gasteiger partial charge >= 0.3 is 6.18 Å². The van der Waals surface area contributed by atoms with Crippen molar-refractivity contribution in [2.45, 2.75) is 38.9 Å². The summed E-state index contributed by atoms with van der Waals surface area (Å²) < 4.78 is 43.6. The van der Waals surface area contributed by atoms with Gasteiger partial charge in [0.15, 0.2) is 0 Å². The van der Waals surface area contributed by atoms with Crippen LogP contribution < -0.4 is 5.32 Å². The summed E-state index contributed by atoms with van der Waals surface area (Å²) in [5, 5.41) is 3.10. The molecule has 6 nitrogen and oxygen atoms in total. The topological polar surface area (TPSA) is 61.9 Å². The highest BCUT2D eigenvalue weighted by molar-refractivity contribution is 5.94. The summed E-state index contributed by atoms with van der Waals surface area (Å²) in [5.74, 6) is -0.0592. The van der Waals surface area contributed by atoms with E-state index in [-0.39, 0.29) is 29.3 Å². The van der Waals surface area contributed by atoms with Crippen LogP contribution in [-0.4, -0.2) is 73.6 Å². The molecule has 32 heavy (non-hydrogen) atoms. The van der Waals surface area contributed by atoms with E-state index < -0.39 is 11.7 Å². The molecular weight excluding hydrogens is 423 g/mol. The molecule has 0 radical (unpaired) electrons. The van der Waals surface area contributed by atoms with Crippen molar-refractivity contribution in [2.24, 2.45) is 11.8 Å². The molecule has 0 saturated carbocycles. The number of nitrogens with zero attached hydrogens (tertiary/aromatic N) is 2. The average Bonchev–Trinajstić information content (AvgIpc) is 2.78. The number of benzene rings is 1. The fourth-order valence-electron chi connectivity index (χ4n) is 4.37. The van der Waals surface area contributed by atoms with Crippen LogP contribution in [0.25, 0.3) is 0 Å². The highest BCUT2D eigenvalue weighted by Gasteiger charge is 2.32. The zero-order chi connectivity index (χ0) is 23.3. The summed E-state index contributed by atoms with van der Waals surface area (Å²) in [5.41, 5.74) is -0.549. The Kier molecular flexibility index (Phi) is 8.16. The Morgan fingerprint density at radius 1 is 1.06 bits per heavy atom. The van der Waals surface area contributed by atoms with Gasteiger partial charge in [-0.1, -0.05) is 13.8 Å². The largest absolute Gasteiger partial charge is 0.416 e. The maximum atomic E-state index is 12.7. The van der Waals surface area contributed by atoms with Crippen molar-refractivity contribution in [1.82, 2.24) is 15.1 Å². The first kappa shape index (κ1) is 24.5. The maximum Gasteiger partial charge on any atom is 0.416 e. The number of hydrogen-bond donors (Lipinski definition) is 1. The van der Waals surface area contributed by atoms with Gasteiger partial charge in [0, 0.05) is 50.2 Å². The first-order valence-corrected chi connectivity index (χ1v) is 11.2. The van der Waals surface area contributed by atoms with Crippen molar-refractivity contribution in [3.8, 4) is 0 Å². The molecule has 0 spiro atoms. The molecule has 1 unspecified atom stereocenters. The van der Waals surface area contributed by atoms with Crippen molar-refractivity contribution in [2.75, 3.05) is 45.9 Å². The number of nitrogens with one attached hydrogen (secondary N) is 1. The smallest absolute Gasteiger partial charge is 0.379 e. The number of rotatable bonds is 6. The quantitative estimate of drug-likeness (QED) is 0.717. The van der Waals surface area contributed by atoms with E-state index in [0.717, 1.165) is 25.2 Å². The van der Waals surface area contributed by atoms with Crippen molar-refractivity contribution in [3.05, 3.63) is 35.4 Å². The second-order valence-corrected chi connectivity index (χ2v) is 8.85. The SMILES string of the molecule is CC(C)C(CNC(=O)C1CCN(C(=O)c2ccc(C(F)(F)F)cc2)CC1)N1CCOCC1. The number of alkyl halides is 3. The number of carbonyl (C=O) groups excluding carboxylic acids is 2. The molecule has 2 aliphatic rings. The van der Waals surface area contributed by atoms with Gasteiger partial charge in [-0.15, -0.1) is 0 Å². The van der Waals surface area contributed by atoms with Crippen LogP contribution in [0.15, 0.2) is 24.3 Å². The predicted molar refractivity (Wildman–Crippen MR) is 114 cm³/mol. The number of amides is 2. The normalized spacial score (nSPS) is 19.8. The Labute approximate surface area is 187 Å². The number of likely N-dealkylation sites (tertiary alicyclic amines) is 1. The fraction of sp³-hybridized carbons (Fsp3) is 0.652. The van der Waals surface area contributed by atoms with E-state index in [9.17, 15) is 22.8 Å². The first-order chi connectivity index (χ1) is 15.2. The Morgan fingerprint density at radius 3 is 2.19 bits per heavy atom. The Bertz CT molecular complexity index is 769. The van der Waals surface area contributed by atoms with Gasteiger partial charge in [-0.3, -0.25) is 14.5 Å². The molecule has 1 aromatic rings. The average molecular weight is 456 g/mol. The molecule has 3 rings (SSSR count). The summed E-state index contributed by atoms with van der Waals surface area (Å²) in [6.07, 6.45) is -3.34. The molecule has 1 N–H and O–H groups in total. The lowest BCUT2D eigenvalue weighted by Gasteiger charge is -2.37. The van der Waals surface area contributed by atoms with E-state index in [1.165, 1.54) is 12.1 Å². The summed E-state index contributed by atoms with van der Waals surface area (Å²) in [7, 11) is 0. The van der Waals surface area contributed by atoms with Crippen molar-refractivity contribution >= 4 is 11.8 Å². The Balaban J connectivity index is 1.48. The van der Waals surface area contributed by atoms with Crippen molar-refractivity contribution in [3.63, 3.8) is 0 Å². The van der Waals surface area contributed by atoms with Crippen molar-refractivity contribution in [1.29, 1.82) is 0 Å². The van der Waals surface area contributed by atoms with E-state index in [1.807, 2.05) is 0 Å². The highest BCUT2D eigenvalue weighted by atomic mass is 19.4. The van der Waals surface area contributed by atoms with E-state index in [2.05, 4.69) is 24.1 Å². The van der Waals surface area contributed by atoms with Crippen LogP contribution in [0.2, 0.25) is 0 Å². The second kappa shape index (κ2) is 10.7. The number of ether oxygens (including phenoxy) is 1. The maximum absolute atomic E-state index is 12.7. The molecule has 0 aromatic heterocycles. The second-order valence-electron chi connectivity index (χ2n) is 8.85. The summed E-state index contributed by atoms with van der Waals surface area (Å²) in [4.78, 5) is 29.3. The van der Waals surface area contributed by atoms with Crippen LogP contribution in [0.1, 0.15) is 42.6 Å². The van der Waals surface area contributed by atoms with Crippen LogP contribution >= 0.6 is 0 Å². The summed E-state index contributed by atoms with van der Waals surface area (Å²) >= 11 is 0. The van der Waals surface area contributed by atoms with Gasteiger partial charge < -0.3 is 15.0 Å². The number of morpholine rings is 1. The number of halogens is 3. The van der Waals surface area contributed by atoms with Gasteiger partial charge in [-0.25, -0.2) is 0 Å². The monoisotopic (exact) mass is 455 g/mol. The van der Waals surface area contributed by atoms with Crippen LogP contribution in [0.5, 0.6) is 0 Å². The number of hydrogen-bond acceptors (Lipinski definition) is 4. The first-order valence-electron chi connectivity index (χ1n) is 11.2. The Hall–Kier alpha value is -2.13. The molecular formula is C23H32F3N3O3. The molecule has 0 aliphatic carbocycles. The molecule has 1 aromatic carbocycles. The molecule has 2 heterocycles. The van der Waals surface area contributed by atoms with Gasteiger partial charge in [0.25, 0.3) is 5.91 Å². The van der Waals surface area contributed by atoms with Gasteiger partial charge in [0.1, 0.15) is 0 Å². The molecule has 1 atom stereocenters. The predicted octanol–water partition coefficient (Wildman–Crippen LogP) is 3.03. The number of carbonyl (C=O) groups is 2. The lowest BCUT2D eigenvalue weighted by molar-refractivity contribution is -0.137. The minimum absolute atomic E-state index is 0.00513. The van der Waals surface area contributed by atoms with Crippen LogP contribution in [0.3, 0.4) is 0 Å². The van der Waals surface area contributed by atoms with E-state index in [1.54, 1.807) is 4.90 Å². The van der Waals surface area contributed by atoms with Gasteiger partial charge in [-0.05, 0) is 43.0 Å². The van der Waals surface area contributed by atoms with Crippen LogP contribution in [-0.2, 0) is 15.7 Å². The van der Waals surface area contributed by atoms with Gasteiger partial charge in [0.2, 0.25) is 5.91 Å². The molecule has 2 amide bonds. The highest BCUT2D eigenvalue weighted by Crippen LogP contribution is 2.29. The zero-order valence-corrected chi connectivity index (χ0v) is 18.7. The van der Waals surface area contributed by atoms with Crippen LogP contribution in [0, 0.1) is 11.8 Å². The molecule has 0 bridgehead atoms.